The topological polar surface area (TPSA) is 76.5 Å². The van der Waals surface area contributed by atoms with E-state index in [2.05, 4.69) is 10.4 Å². The minimum absolute atomic E-state index is 0.0756. The van der Waals surface area contributed by atoms with Crippen molar-refractivity contribution in [3.63, 3.8) is 0 Å². The second-order valence-corrected chi connectivity index (χ2v) is 9.34. The first-order valence-corrected chi connectivity index (χ1v) is 12.4. The third-order valence-corrected chi connectivity index (χ3v) is 6.97. The van der Waals surface area contributed by atoms with Crippen LogP contribution in [0.2, 0.25) is 5.02 Å². The fourth-order valence-electron chi connectivity index (χ4n) is 4.62. The molecule has 7 nitrogen and oxygen atoms in total. The van der Waals surface area contributed by atoms with Crippen LogP contribution in [0, 0.1) is 12.7 Å². The van der Waals surface area contributed by atoms with E-state index in [9.17, 15) is 14.0 Å². The molecule has 0 aliphatic carbocycles. The molecule has 0 spiro atoms. The molecule has 1 aromatic heterocycles. The number of benzene rings is 2. The summed E-state index contributed by atoms with van der Waals surface area (Å²) in [7, 11) is 1.38. The number of nitrogens with one attached hydrogen (secondary N) is 1. The summed E-state index contributed by atoms with van der Waals surface area (Å²) in [6, 6.07) is 12.6. The van der Waals surface area contributed by atoms with Gasteiger partial charge in [-0.25, -0.2) is 4.39 Å². The van der Waals surface area contributed by atoms with Crippen LogP contribution < -0.4 is 10.1 Å². The summed E-state index contributed by atoms with van der Waals surface area (Å²) in [6.45, 7) is 5.61. The quantitative estimate of drug-likeness (QED) is 0.471. The van der Waals surface area contributed by atoms with Crippen LogP contribution in [-0.2, 0) is 17.8 Å². The highest BCUT2D eigenvalue weighted by Crippen LogP contribution is 2.31. The summed E-state index contributed by atoms with van der Waals surface area (Å²) in [6.07, 6.45) is 1.51. The molecule has 190 valence electrons. The zero-order chi connectivity index (χ0) is 25.8. The van der Waals surface area contributed by atoms with E-state index in [-0.39, 0.29) is 34.6 Å². The Morgan fingerprint density at radius 2 is 1.86 bits per heavy atom. The molecule has 0 radical (unpaired) electrons. The van der Waals surface area contributed by atoms with Crippen LogP contribution in [0.4, 0.5) is 10.1 Å². The predicted molar refractivity (Wildman–Crippen MR) is 137 cm³/mol. The van der Waals surface area contributed by atoms with Crippen LogP contribution in [-0.4, -0.2) is 46.7 Å². The Morgan fingerprint density at radius 3 is 2.50 bits per heavy atom. The number of ether oxygens (including phenoxy) is 1. The summed E-state index contributed by atoms with van der Waals surface area (Å²) in [5.74, 6) is -0.548. The van der Waals surface area contributed by atoms with E-state index >= 15 is 0 Å². The van der Waals surface area contributed by atoms with Crippen molar-refractivity contribution in [3.05, 3.63) is 75.8 Å². The third-order valence-electron chi connectivity index (χ3n) is 6.62. The standard InChI is InChI=1S/C27H30ClFN4O3/c1-4-33-23(15-17(2)31-33)27(35)30-20-7-5-18(6-8-20)19-11-13-32(14-12-19)25(34)16-21-22(28)9-10-24(36-3)26(21)29/h5-10,15,19H,4,11-14,16H2,1-3H3,(H,30,35). The van der Waals surface area contributed by atoms with Crippen LogP contribution in [0.3, 0.4) is 0 Å². The zero-order valence-corrected chi connectivity index (χ0v) is 21.4. The Morgan fingerprint density at radius 1 is 1.17 bits per heavy atom. The minimum atomic E-state index is -0.588. The SMILES string of the molecule is CCn1nc(C)cc1C(=O)Nc1ccc(C2CCN(C(=O)Cc3c(Cl)ccc(OC)c3F)CC2)cc1. The molecule has 0 saturated carbocycles. The second-order valence-electron chi connectivity index (χ2n) is 8.94. The fraction of sp³-hybridized carbons (Fsp3) is 0.370. The molecule has 3 aromatic rings. The lowest BCUT2D eigenvalue weighted by Crippen LogP contribution is -2.39. The van der Waals surface area contributed by atoms with Gasteiger partial charge in [0.2, 0.25) is 5.91 Å². The van der Waals surface area contributed by atoms with Crippen molar-refractivity contribution in [1.29, 1.82) is 0 Å². The van der Waals surface area contributed by atoms with Crippen LogP contribution in [0.1, 0.15) is 53.0 Å². The molecule has 2 heterocycles. The number of halogens is 2. The van der Waals surface area contributed by atoms with Gasteiger partial charge in [-0.3, -0.25) is 14.3 Å². The van der Waals surface area contributed by atoms with Crippen molar-refractivity contribution in [1.82, 2.24) is 14.7 Å². The second kappa shape index (κ2) is 11.1. The lowest BCUT2D eigenvalue weighted by molar-refractivity contribution is -0.131. The summed E-state index contributed by atoms with van der Waals surface area (Å²) in [5.41, 5.74) is 3.38. The van der Waals surface area contributed by atoms with Gasteiger partial charge in [0.15, 0.2) is 11.6 Å². The number of hydrogen-bond donors (Lipinski definition) is 1. The molecule has 1 aliphatic heterocycles. The van der Waals surface area contributed by atoms with Crippen LogP contribution in [0.15, 0.2) is 42.5 Å². The largest absolute Gasteiger partial charge is 0.494 e. The smallest absolute Gasteiger partial charge is 0.273 e. The van der Waals surface area contributed by atoms with E-state index < -0.39 is 5.82 Å². The number of methoxy groups -OCH3 is 1. The molecule has 4 rings (SSSR count). The van der Waals surface area contributed by atoms with Gasteiger partial charge < -0.3 is 15.0 Å². The Labute approximate surface area is 215 Å². The van der Waals surface area contributed by atoms with Crippen LogP contribution >= 0.6 is 11.6 Å². The Bertz CT molecular complexity index is 1250. The van der Waals surface area contributed by atoms with Crippen molar-refractivity contribution in [2.24, 2.45) is 0 Å². The lowest BCUT2D eigenvalue weighted by Gasteiger charge is -2.32. The third kappa shape index (κ3) is 5.54. The van der Waals surface area contributed by atoms with Gasteiger partial charge in [0.05, 0.1) is 19.2 Å². The molecule has 2 amide bonds. The van der Waals surface area contributed by atoms with E-state index in [1.807, 2.05) is 38.1 Å². The van der Waals surface area contributed by atoms with E-state index in [1.54, 1.807) is 21.7 Å². The number of aromatic nitrogens is 2. The van der Waals surface area contributed by atoms with Gasteiger partial charge >= 0.3 is 0 Å². The molecule has 0 unspecified atom stereocenters. The highest BCUT2D eigenvalue weighted by molar-refractivity contribution is 6.31. The van der Waals surface area contributed by atoms with E-state index in [0.29, 0.717) is 31.2 Å². The highest BCUT2D eigenvalue weighted by atomic mass is 35.5. The number of carbonyl (C=O) groups is 2. The predicted octanol–water partition coefficient (Wildman–Crippen LogP) is 5.21. The molecule has 0 bridgehead atoms. The fourth-order valence-corrected chi connectivity index (χ4v) is 4.84. The first kappa shape index (κ1) is 25.7. The van der Waals surface area contributed by atoms with Gasteiger partial charge in [0.25, 0.3) is 5.91 Å². The van der Waals surface area contributed by atoms with Crippen molar-refractivity contribution in [2.75, 3.05) is 25.5 Å². The first-order valence-electron chi connectivity index (χ1n) is 12.0. The average molecular weight is 513 g/mol. The van der Waals surface area contributed by atoms with Crippen molar-refractivity contribution < 1.29 is 18.7 Å². The number of anilines is 1. The summed E-state index contributed by atoms with van der Waals surface area (Å²) in [5, 5.41) is 7.48. The first-order chi connectivity index (χ1) is 17.3. The maximum atomic E-state index is 14.6. The molecule has 36 heavy (non-hydrogen) atoms. The Balaban J connectivity index is 1.33. The van der Waals surface area contributed by atoms with E-state index in [1.165, 1.54) is 13.2 Å². The Hall–Kier alpha value is -3.39. The maximum absolute atomic E-state index is 14.6. The summed E-state index contributed by atoms with van der Waals surface area (Å²) in [4.78, 5) is 27.3. The van der Waals surface area contributed by atoms with Gasteiger partial charge in [-0.05, 0) is 68.5 Å². The van der Waals surface area contributed by atoms with Crippen molar-refractivity contribution in [3.8, 4) is 5.75 Å². The lowest BCUT2D eigenvalue weighted by atomic mass is 9.89. The molecule has 1 fully saturated rings. The summed E-state index contributed by atoms with van der Waals surface area (Å²) >= 11 is 6.14. The van der Waals surface area contributed by atoms with Gasteiger partial charge in [0.1, 0.15) is 5.69 Å². The number of aryl methyl sites for hydroxylation is 2. The Kier molecular flexibility index (Phi) is 7.94. The molecule has 2 aromatic carbocycles. The van der Waals surface area contributed by atoms with E-state index in [0.717, 1.165) is 29.8 Å². The van der Waals surface area contributed by atoms with Crippen LogP contribution in [0.25, 0.3) is 0 Å². The number of hydrogen-bond acceptors (Lipinski definition) is 4. The normalized spacial score (nSPS) is 14.1. The molecule has 1 N–H and O–H groups in total. The molecule has 9 heteroatoms. The molecule has 0 atom stereocenters. The van der Waals surface area contributed by atoms with Crippen molar-refractivity contribution >= 4 is 29.1 Å². The number of amides is 2. The number of nitrogens with zero attached hydrogens (tertiary/aromatic N) is 3. The molecular weight excluding hydrogens is 483 g/mol. The highest BCUT2D eigenvalue weighted by Gasteiger charge is 2.26. The monoisotopic (exact) mass is 512 g/mol. The number of carbonyl (C=O) groups excluding carboxylic acids is 2. The number of rotatable bonds is 7. The summed E-state index contributed by atoms with van der Waals surface area (Å²) < 4.78 is 21.3. The van der Waals surface area contributed by atoms with Crippen LogP contribution in [0.5, 0.6) is 5.75 Å². The van der Waals surface area contributed by atoms with Gasteiger partial charge in [-0.1, -0.05) is 23.7 Å². The number of piperidine rings is 1. The maximum Gasteiger partial charge on any atom is 0.273 e. The van der Waals surface area contributed by atoms with E-state index in [4.69, 9.17) is 16.3 Å². The molecule has 1 saturated heterocycles. The zero-order valence-electron chi connectivity index (χ0n) is 20.7. The van der Waals surface area contributed by atoms with Crippen molar-refractivity contribution in [2.45, 2.75) is 45.6 Å². The molecular formula is C27H30ClFN4O3. The van der Waals surface area contributed by atoms with Gasteiger partial charge in [-0.15, -0.1) is 0 Å². The number of likely N-dealkylation sites (tertiary alicyclic amines) is 1. The van der Waals surface area contributed by atoms with Gasteiger partial charge in [-0.2, -0.15) is 5.10 Å². The minimum Gasteiger partial charge on any atom is -0.494 e. The molecule has 1 aliphatic rings. The average Bonchev–Trinajstić information content (AvgIpc) is 3.28. The van der Waals surface area contributed by atoms with Gasteiger partial charge in [0, 0.05) is 35.9 Å².